The number of fused-ring (bicyclic) bond motifs is 1. The molecule has 1 saturated heterocycles. The van der Waals surface area contributed by atoms with Crippen LogP contribution in [0.1, 0.15) is 39.3 Å². The van der Waals surface area contributed by atoms with E-state index in [1.54, 1.807) is 33.9 Å². The van der Waals surface area contributed by atoms with Crippen LogP contribution < -0.4 is 10.2 Å². The number of amides is 2. The second kappa shape index (κ2) is 8.46. The lowest BCUT2D eigenvalue weighted by Crippen LogP contribution is -2.46. The number of aromatic nitrogens is 1. The smallest absolute Gasteiger partial charge is 0.410 e. The summed E-state index contributed by atoms with van der Waals surface area (Å²) in [5.74, 6) is 0.425. The molecule has 1 aromatic carbocycles. The maximum Gasteiger partial charge on any atom is 0.410 e. The number of hydrogen-bond acceptors (Lipinski definition) is 6. The number of ether oxygens (including phenoxy) is 2. The van der Waals surface area contributed by atoms with Crippen LogP contribution in [0.3, 0.4) is 0 Å². The standard InChI is InChI=1S/C21H26N4O4/c1-21(2,3)29-20(27)25-11-5-6-18(25)19(26)24-22-13-15-8-7-14-12-16(28-4)9-10-17(14)23-15/h7-10,12-13,18H,5-6,11H2,1-4H3,(H,24,26)/t18-/m0/s1. The van der Waals surface area contributed by atoms with Crippen molar-refractivity contribution < 1.29 is 19.1 Å². The van der Waals surface area contributed by atoms with E-state index >= 15 is 0 Å². The summed E-state index contributed by atoms with van der Waals surface area (Å²) in [5.41, 5.74) is 3.31. The summed E-state index contributed by atoms with van der Waals surface area (Å²) < 4.78 is 10.6. The largest absolute Gasteiger partial charge is 0.497 e. The molecule has 2 aromatic rings. The highest BCUT2D eigenvalue weighted by Crippen LogP contribution is 2.21. The van der Waals surface area contributed by atoms with Gasteiger partial charge in [0, 0.05) is 11.9 Å². The van der Waals surface area contributed by atoms with Crippen LogP contribution in [-0.4, -0.2) is 53.4 Å². The predicted octanol–water partition coefficient (Wildman–Crippen LogP) is 3.09. The number of hydrogen-bond donors (Lipinski definition) is 1. The molecule has 2 amide bonds. The second-order valence-corrected chi connectivity index (χ2v) is 7.86. The third kappa shape index (κ3) is 5.22. The number of rotatable bonds is 4. The fraction of sp³-hybridized carbons (Fsp3) is 0.429. The zero-order valence-corrected chi connectivity index (χ0v) is 17.1. The van der Waals surface area contributed by atoms with Gasteiger partial charge in [0.1, 0.15) is 17.4 Å². The maximum absolute atomic E-state index is 12.5. The molecule has 8 heteroatoms. The average Bonchev–Trinajstić information content (AvgIpc) is 3.16. The van der Waals surface area contributed by atoms with Crippen molar-refractivity contribution in [2.75, 3.05) is 13.7 Å². The van der Waals surface area contributed by atoms with Crippen molar-refractivity contribution in [3.05, 3.63) is 36.0 Å². The summed E-state index contributed by atoms with van der Waals surface area (Å²) >= 11 is 0. The van der Waals surface area contributed by atoms with Crippen molar-refractivity contribution in [1.82, 2.24) is 15.3 Å². The summed E-state index contributed by atoms with van der Waals surface area (Å²) in [6.45, 7) is 5.89. The van der Waals surface area contributed by atoms with Crippen LogP contribution in [0.15, 0.2) is 35.4 Å². The van der Waals surface area contributed by atoms with Crippen LogP contribution in [0.4, 0.5) is 4.79 Å². The van der Waals surface area contributed by atoms with Crippen LogP contribution in [-0.2, 0) is 9.53 Å². The Morgan fingerprint density at radius 2 is 2.07 bits per heavy atom. The molecule has 0 radical (unpaired) electrons. The molecule has 29 heavy (non-hydrogen) atoms. The number of nitrogens with one attached hydrogen (secondary N) is 1. The van der Waals surface area contributed by atoms with Gasteiger partial charge >= 0.3 is 6.09 Å². The molecule has 1 aromatic heterocycles. The molecular weight excluding hydrogens is 372 g/mol. The first-order chi connectivity index (χ1) is 13.8. The van der Waals surface area contributed by atoms with E-state index in [-0.39, 0.29) is 5.91 Å². The lowest BCUT2D eigenvalue weighted by molar-refractivity contribution is -0.125. The number of benzene rings is 1. The SMILES string of the molecule is COc1ccc2nc(C=NNC(=O)[C@@H]3CCCN3C(=O)OC(C)(C)C)ccc2c1. The van der Waals surface area contributed by atoms with Crippen molar-refractivity contribution in [2.45, 2.75) is 45.3 Å². The summed E-state index contributed by atoms with van der Waals surface area (Å²) in [6.07, 6.45) is 2.33. The third-order valence-electron chi connectivity index (χ3n) is 4.47. The quantitative estimate of drug-likeness (QED) is 0.631. The molecule has 2 heterocycles. The highest BCUT2D eigenvalue weighted by molar-refractivity contribution is 5.89. The van der Waals surface area contributed by atoms with E-state index in [0.717, 1.165) is 23.1 Å². The van der Waals surface area contributed by atoms with Gasteiger partial charge in [-0.1, -0.05) is 6.07 Å². The fourth-order valence-electron chi connectivity index (χ4n) is 3.13. The average molecular weight is 398 g/mol. The zero-order chi connectivity index (χ0) is 21.0. The number of methoxy groups -OCH3 is 1. The minimum absolute atomic E-state index is 0.338. The molecule has 154 valence electrons. The van der Waals surface area contributed by atoms with Crippen molar-refractivity contribution >= 4 is 29.1 Å². The Labute approximate surface area is 169 Å². The highest BCUT2D eigenvalue weighted by atomic mass is 16.6. The molecule has 1 aliphatic heterocycles. The summed E-state index contributed by atoms with van der Waals surface area (Å²) in [5, 5.41) is 4.95. The lowest BCUT2D eigenvalue weighted by Gasteiger charge is -2.27. The number of carbonyl (C=O) groups excluding carboxylic acids is 2. The van der Waals surface area contributed by atoms with E-state index in [0.29, 0.717) is 18.7 Å². The topological polar surface area (TPSA) is 93.1 Å². The lowest BCUT2D eigenvalue weighted by atomic mass is 10.2. The van der Waals surface area contributed by atoms with Gasteiger partial charge in [0.25, 0.3) is 5.91 Å². The summed E-state index contributed by atoms with van der Waals surface area (Å²) in [6, 6.07) is 8.73. The van der Waals surface area contributed by atoms with E-state index < -0.39 is 17.7 Å². The number of hydrazone groups is 1. The van der Waals surface area contributed by atoms with Crippen molar-refractivity contribution in [3.63, 3.8) is 0 Å². The molecular formula is C21H26N4O4. The number of likely N-dealkylation sites (tertiary alicyclic amines) is 1. The molecule has 0 bridgehead atoms. The van der Waals surface area contributed by atoms with Crippen LogP contribution in [0.25, 0.3) is 10.9 Å². The van der Waals surface area contributed by atoms with Gasteiger partial charge in [-0.3, -0.25) is 9.69 Å². The first-order valence-corrected chi connectivity index (χ1v) is 9.54. The van der Waals surface area contributed by atoms with Gasteiger partial charge in [-0.15, -0.1) is 0 Å². The maximum atomic E-state index is 12.5. The minimum atomic E-state index is -0.607. The highest BCUT2D eigenvalue weighted by Gasteiger charge is 2.36. The van der Waals surface area contributed by atoms with Gasteiger partial charge in [0.05, 0.1) is 24.5 Å². The molecule has 1 atom stereocenters. The zero-order valence-electron chi connectivity index (χ0n) is 17.1. The molecule has 3 rings (SSSR count). The van der Waals surface area contributed by atoms with E-state index in [1.165, 1.54) is 11.1 Å². The Bertz CT molecular complexity index is 936. The Balaban J connectivity index is 1.62. The number of carbonyl (C=O) groups is 2. The Kier molecular flexibility index (Phi) is 6.00. The molecule has 0 aliphatic carbocycles. The molecule has 0 unspecified atom stereocenters. The van der Waals surface area contributed by atoms with E-state index in [2.05, 4.69) is 15.5 Å². The molecule has 0 spiro atoms. The number of pyridine rings is 1. The van der Waals surface area contributed by atoms with Crippen LogP contribution in [0, 0.1) is 0 Å². The van der Waals surface area contributed by atoms with Gasteiger partial charge < -0.3 is 9.47 Å². The van der Waals surface area contributed by atoms with Gasteiger partial charge in [-0.2, -0.15) is 5.10 Å². The Hall–Kier alpha value is -3.16. The second-order valence-electron chi connectivity index (χ2n) is 7.86. The Morgan fingerprint density at radius 3 is 2.79 bits per heavy atom. The van der Waals surface area contributed by atoms with E-state index in [4.69, 9.17) is 9.47 Å². The minimum Gasteiger partial charge on any atom is -0.497 e. The fourth-order valence-corrected chi connectivity index (χ4v) is 3.13. The number of nitrogens with zero attached hydrogens (tertiary/aromatic N) is 3. The van der Waals surface area contributed by atoms with Crippen LogP contribution in [0.2, 0.25) is 0 Å². The molecule has 1 N–H and O–H groups in total. The van der Waals surface area contributed by atoms with Crippen LogP contribution >= 0.6 is 0 Å². The first-order valence-electron chi connectivity index (χ1n) is 9.54. The summed E-state index contributed by atoms with van der Waals surface area (Å²) in [7, 11) is 1.62. The molecule has 1 fully saturated rings. The van der Waals surface area contributed by atoms with Gasteiger partial charge in [-0.05, 0) is 57.9 Å². The summed E-state index contributed by atoms with van der Waals surface area (Å²) in [4.78, 5) is 30.7. The van der Waals surface area contributed by atoms with Crippen molar-refractivity contribution in [3.8, 4) is 5.75 Å². The van der Waals surface area contributed by atoms with E-state index in [9.17, 15) is 9.59 Å². The van der Waals surface area contributed by atoms with Gasteiger partial charge in [0.15, 0.2) is 0 Å². The van der Waals surface area contributed by atoms with Crippen LogP contribution in [0.5, 0.6) is 5.75 Å². The Morgan fingerprint density at radius 1 is 1.28 bits per heavy atom. The van der Waals surface area contributed by atoms with Gasteiger partial charge in [-0.25, -0.2) is 15.2 Å². The molecule has 8 nitrogen and oxygen atoms in total. The normalized spacial score (nSPS) is 17.0. The first kappa shape index (κ1) is 20.6. The molecule has 1 aliphatic rings. The van der Waals surface area contributed by atoms with Gasteiger partial charge in [0.2, 0.25) is 0 Å². The monoisotopic (exact) mass is 398 g/mol. The van der Waals surface area contributed by atoms with Crippen molar-refractivity contribution in [2.24, 2.45) is 5.10 Å². The third-order valence-corrected chi connectivity index (χ3v) is 4.47. The predicted molar refractivity (Wildman–Crippen MR) is 110 cm³/mol. The molecule has 0 saturated carbocycles. The van der Waals surface area contributed by atoms with E-state index in [1.807, 2.05) is 24.3 Å². The van der Waals surface area contributed by atoms with Crippen molar-refractivity contribution in [1.29, 1.82) is 0 Å².